The lowest BCUT2D eigenvalue weighted by molar-refractivity contribution is 0.0694. The average molecular weight is 257 g/mol. The van der Waals surface area contributed by atoms with Gasteiger partial charge in [0.15, 0.2) is 0 Å². The van der Waals surface area contributed by atoms with Gasteiger partial charge in [-0.1, -0.05) is 11.6 Å². The molecular weight excluding hydrogens is 252 g/mol. The van der Waals surface area contributed by atoms with Crippen LogP contribution in [0.15, 0.2) is 24.5 Å². The quantitative estimate of drug-likeness (QED) is 0.914. The Bertz CT molecular complexity index is 515. The van der Waals surface area contributed by atoms with Crippen molar-refractivity contribution >= 4 is 29.1 Å². The highest BCUT2D eigenvalue weighted by molar-refractivity contribution is 7.07. The van der Waals surface area contributed by atoms with Crippen LogP contribution in [0.5, 0.6) is 10.9 Å². The summed E-state index contributed by atoms with van der Waals surface area (Å²) in [7, 11) is 0. The number of carboxylic acid groups (broad SMARTS) is 1. The summed E-state index contributed by atoms with van der Waals surface area (Å²) in [6.45, 7) is 0. The second-order valence-corrected chi connectivity index (χ2v) is 3.93. The van der Waals surface area contributed by atoms with Crippen LogP contribution in [0.3, 0.4) is 0 Å². The lowest BCUT2D eigenvalue weighted by Gasteiger charge is -2.05. The number of hydrogen-bond acceptors (Lipinski definition) is 5. The molecule has 1 aromatic heterocycles. The molecule has 0 unspecified atom stereocenters. The van der Waals surface area contributed by atoms with E-state index in [-0.39, 0.29) is 16.5 Å². The molecule has 0 atom stereocenters. The molecule has 5 nitrogen and oxygen atoms in total. The van der Waals surface area contributed by atoms with Crippen LogP contribution >= 0.6 is 23.1 Å². The minimum absolute atomic E-state index is 0.0274. The van der Waals surface area contributed by atoms with E-state index in [4.69, 9.17) is 21.4 Å². The number of carboxylic acids is 1. The van der Waals surface area contributed by atoms with Crippen molar-refractivity contribution < 1.29 is 14.6 Å². The second kappa shape index (κ2) is 4.46. The van der Waals surface area contributed by atoms with Gasteiger partial charge in [0.1, 0.15) is 17.6 Å². The minimum Gasteiger partial charge on any atom is -0.478 e. The van der Waals surface area contributed by atoms with E-state index in [1.165, 1.54) is 24.5 Å². The number of ether oxygens (including phenoxy) is 1. The zero-order valence-corrected chi connectivity index (χ0v) is 9.33. The maximum absolute atomic E-state index is 10.9. The molecule has 7 heteroatoms. The van der Waals surface area contributed by atoms with Crippen LogP contribution in [0.1, 0.15) is 10.4 Å². The van der Waals surface area contributed by atoms with Gasteiger partial charge in [0, 0.05) is 22.6 Å². The van der Waals surface area contributed by atoms with Crippen LogP contribution in [0, 0.1) is 0 Å². The first-order chi connectivity index (χ1) is 7.66. The van der Waals surface area contributed by atoms with E-state index in [1.54, 1.807) is 0 Å². The van der Waals surface area contributed by atoms with Crippen LogP contribution in [-0.4, -0.2) is 20.4 Å². The van der Waals surface area contributed by atoms with Crippen LogP contribution in [-0.2, 0) is 0 Å². The van der Waals surface area contributed by atoms with Crippen molar-refractivity contribution in [1.82, 2.24) is 9.36 Å². The third-order valence-corrected chi connectivity index (χ3v) is 2.49. The Kier molecular flexibility index (Phi) is 3.02. The molecule has 0 spiro atoms. The number of hydrogen-bond donors (Lipinski definition) is 1. The Morgan fingerprint density at radius 2 is 2.31 bits per heavy atom. The van der Waals surface area contributed by atoms with Crippen LogP contribution in [0.25, 0.3) is 0 Å². The number of halogens is 1. The molecule has 2 aromatic rings. The van der Waals surface area contributed by atoms with Crippen molar-refractivity contribution in [3.63, 3.8) is 0 Å². The topological polar surface area (TPSA) is 72.3 Å². The van der Waals surface area contributed by atoms with E-state index in [0.717, 1.165) is 11.5 Å². The molecule has 0 fully saturated rings. The third-order valence-electron chi connectivity index (χ3n) is 1.71. The van der Waals surface area contributed by atoms with E-state index >= 15 is 0 Å². The van der Waals surface area contributed by atoms with Crippen molar-refractivity contribution in [1.29, 1.82) is 0 Å². The summed E-state index contributed by atoms with van der Waals surface area (Å²) in [4.78, 5) is 14.7. The first kappa shape index (κ1) is 10.8. The average Bonchev–Trinajstić information content (AvgIpc) is 2.70. The third kappa shape index (κ3) is 2.29. The Labute approximate surface area is 99.4 Å². The summed E-state index contributed by atoms with van der Waals surface area (Å²) >= 11 is 6.78. The SMILES string of the molecule is O=C(O)c1ccc(Cl)cc1Oc1ncns1. The smallest absolute Gasteiger partial charge is 0.339 e. The van der Waals surface area contributed by atoms with Crippen molar-refractivity contribution in [3.05, 3.63) is 35.1 Å². The van der Waals surface area contributed by atoms with E-state index < -0.39 is 5.97 Å². The van der Waals surface area contributed by atoms with Crippen LogP contribution in [0.2, 0.25) is 5.02 Å². The molecular formula is C9H5ClN2O3S. The summed E-state index contributed by atoms with van der Waals surface area (Å²) in [6, 6.07) is 4.28. The van der Waals surface area contributed by atoms with E-state index in [9.17, 15) is 4.79 Å². The van der Waals surface area contributed by atoms with Gasteiger partial charge in [0.25, 0.3) is 5.19 Å². The normalized spacial score (nSPS) is 10.1. The molecule has 0 saturated heterocycles. The molecule has 0 radical (unpaired) electrons. The molecule has 1 heterocycles. The molecule has 0 aliphatic rings. The number of nitrogens with zero attached hydrogens (tertiary/aromatic N) is 2. The molecule has 16 heavy (non-hydrogen) atoms. The van der Waals surface area contributed by atoms with Gasteiger partial charge in [-0.2, -0.15) is 9.36 Å². The highest BCUT2D eigenvalue weighted by atomic mass is 35.5. The first-order valence-electron chi connectivity index (χ1n) is 4.14. The van der Waals surface area contributed by atoms with Gasteiger partial charge in [0.2, 0.25) is 0 Å². The zero-order chi connectivity index (χ0) is 11.5. The van der Waals surface area contributed by atoms with Gasteiger partial charge < -0.3 is 9.84 Å². The number of carbonyl (C=O) groups is 1. The van der Waals surface area contributed by atoms with Crippen molar-refractivity contribution in [2.75, 3.05) is 0 Å². The Morgan fingerprint density at radius 3 is 2.94 bits per heavy atom. The lowest BCUT2D eigenvalue weighted by atomic mass is 10.2. The number of aromatic nitrogens is 2. The molecule has 82 valence electrons. The summed E-state index contributed by atoms with van der Waals surface area (Å²) in [6.07, 6.45) is 1.32. The van der Waals surface area contributed by atoms with E-state index in [0.29, 0.717) is 5.02 Å². The van der Waals surface area contributed by atoms with Gasteiger partial charge in [-0.3, -0.25) is 0 Å². The van der Waals surface area contributed by atoms with Crippen molar-refractivity contribution in [2.24, 2.45) is 0 Å². The molecule has 0 amide bonds. The highest BCUT2D eigenvalue weighted by Gasteiger charge is 2.13. The van der Waals surface area contributed by atoms with Gasteiger partial charge >= 0.3 is 5.97 Å². The van der Waals surface area contributed by atoms with Gasteiger partial charge in [-0.15, -0.1) is 0 Å². The maximum Gasteiger partial charge on any atom is 0.339 e. The summed E-state index contributed by atoms with van der Waals surface area (Å²) in [5.74, 6) is -0.937. The Hall–Kier alpha value is -1.66. The largest absolute Gasteiger partial charge is 0.478 e. The molecule has 0 saturated carbocycles. The molecule has 2 rings (SSSR count). The minimum atomic E-state index is -1.09. The summed E-state index contributed by atoms with van der Waals surface area (Å²) < 4.78 is 9.01. The first-order valence-corrected chi connectivity index (χ1v) is 5.29. The molecule has 0 aliphatic heterocycles. The van der Waals surface area contributed by atoms with Crippen LogP contribution in [0.4, 0.5) is 0 Å². The number of benzene rings is 1. The van der Waals surface area contributed by atoms with Crippen molar-refractivity contribution in [3.8, 4) is 10.9 Å². The lowest BCUT2D eigenvalue weighted by Crippen LogP contribution is -1.99. The zero-order valence-electron chi connectivity index (χ0n) is 7.75. The van der Waals surface area contributed by atoms with E-state index in [2.05, 4.69) is 9.36 Å². The van der Waals surface area contributed by atoms with Gasteiger partial charge in [0.05, 0.1) is 0 Å². The Balaban J connectivity index is 2.38. The fraction of sp³-hybridized carbons (Fsp3) is 0. The second-order valence-electron chi connectivity index (χ2n) is 2.75. The van der Waals surface area contributed by atoms with Gasteiger partial charge in [-0.25, -0.2) is 4.79 Å². The molecule has 0 bridgehead atoms. The summed E-state index contributed by atoms with van der Waals surface area (Å²) in [5.41, 5.74) is 0.0274. The molecule has 0 aliphatic carbocycles. The predicted octanol–water partition coefficient (Wildman–Crippen LogP) is 2.68. The molecule has 1 N–H and O–H groups in total. The maximum atomic E-state index is 10.9. The summed E-state index contributed by atoms with van der Waals surface area (Å²) in [5, 5.41) is 9.59. The fourth-order valence-electron chi connectivity index (χ4n) is 1.06. The van der Waals surface area contributed by atoms with Crippen LogP contribution < -0.4 is 4.74 Å². The van der Waals surface area contributed by atoms with E-state index in [1.807, 2.05) is 0 Å². The predicted molar refractivity (Wildman–Crippen MR) is 58.4 cm³/mol. The fourth-order valence-corrected chi connectivity index (χ4v) is 1.63. The number of aromatic carboxylic acids is 1. The highest BCUT2D eigenvalue weighted by Crippen LogP contribution is 2.28. The monoisotopic (exact) mass is 256 g/mol. The number of rotatable bonds is 3. The van der Waals surface area contributed by atoms with Gasteiger partial charge in [-0.05, 0) is 12.1 Å². The van der Waals surface area contributed by atoms with Crippen molar-refractivity contribution in [2.45, 2.75) is 0 Å². The standard InChI is InChI=1S/C9H5ClN2O3S/c10-5-1-2-6(8(13)14)7(3-5)15-9-11-4-12-16-9/h1-4H,(H,13,14). The molecule has 1 aromatic carbocycles. The Morgan fingerprint density at radius 1 is 1.50 bits per heavy atom.